The summed E-state index contributed by atoms with van der Waals surface area (Å²) < 4.78 is 14.7. The first-order chi connectivity index (χ1) is 8.91. The van der Waals surface area contributed by atoms with E-state index < -0.39 is 5.97 Å². The fraction of sp³-hybridized carbons (Fsp3) is 0.286. The van der Waals surface area contributed by atoms with Gasteiger partial charge in [-0.25, -0.2) is 4.39 Å². The van der Waals surface area contributed by atoms with E-state index in [2.05, 4.69) is 0 Å². The predicted molar refractivity (Wildman–Crippen MR) is 69.8 cm³/mol. The Morgan fingerprint density at radius 1 is 1.42 bits per heavy atom. The van der Waals surface area contributed by atoms with E-state index in [1.165, 1.54) is 16.7 Å². The summed E-state index contributed by atoms with van der Waals surface area (Å²) in [6.45, 7) is 1.72. The van der Waals surface area contributed by atoms with Crippen LogP contribution in [0.3, 0.4) is 0 Å². The van der Waals surface area contributed by atoms with Crippen LogP contribution in [-0.4, -0.2) is 15.6 Å². The lowest BCUT2D eigenvalue weighted by Crippen LogP contribution is -2.23. The highest BCUT2D eigenvalue weighted by Crippen LogP contribution is 2.20. The fourth-order valence-corrected chi connectivity index (χ4v) is 2.26. The van der Waals surface area contributed by atoms with Gasteiger partial charge in [-0.1, -0.05) is 0 Å². The van der Waals surface area contributed by atoms with E-state index in [4.69, 9.17) is 5.11 Å². The zero-order chi connectivity index (χ0) is 14.2. The topological polar surface area (TPSA) is 59.3 Å². The molecule has 0 unspecified atom stereocenters. The average Bonchev–Trinajstić information content (AvgIpc) is 2.35. The first kappa shape index (κ1) is 13.3. The van der Waals surface area contributed by atoms with Gasteiger partial charge in [0, 0.05) is 24.4 Å². The SMILES string of the molecule is Cc1c(CCC(=O)O)c(=O)n(C)c2ccc(F)cc12. The normalized spacial score (nSPS) is 10.9. The number of carboxylic acid groups (broad SMARTS) is 1. The molecule has 19 heavy (non-hydrogen) atoms. The van der Waals surface area contributed by atoms with E-state index in [1.54, 1.807) is 20.0 Å². The van der Waals surface area contributed by atoms with Crippen molar-refractivity contribution in [1.29, 1.82) is 0 Å². The van der Waals surface area contributed by atoms with E-state index >= 15 is 0 Å². The van der Waals surface area contributed by atoms with Crippen molar-refractivity contribution in [3.05, 3.63) is 45.5 Å². The van der Waals surface area contributed by atoms with Crippen molar-refractivity contribution in [3.8, 4) is 0 Å². The third-order valence-electron chi connectivity index (χ3n) is 3.33. The third kappa shape index (κ3) is 2.36. The molecule has 0 aliphatic heterocycles. The summed E-state index contributed by atoms with van der Waals surface area (Å²) in [6.07, 6.45) is 0.0389. The number of carbonyl (C=O) groups is 1. The summed E-state index contributed by atoms with van der Waals surface area (Å²) in [5.74, 6) is -1.33. The number of carboxylic acids is 1. The number of hydrogen-bond donors (Lipinski definition) is 1. The monoisotopic (exact) mass is 263 g/mol. The van der Waals surface area contributed by atoms with Crippen LogP contribution in [0, 0.1) is 12.7 Å². The molecule has 0 aliphatic carbocycles. The van der Waals surface area contributed by atoms with Gasteiger partial charge in [-0.3, -0.25) is 9.59 Å². The van der Waals surface area contributed by atoms with Gasteiger partial charge in [0.15, 0.2) is 0 Å². The predicted octanol–water partition coefficient (Wildman–Crippen LogP) is 2.00. The van der Waals surface area contributed by atoms with Gasteiger partial charge < -0.3 is 9.67 Å². The molecule has 100 valence electrons. The molecule has 0 aliphatic rings. The van der Waals surface area contributed by atoms with E-state index in [-0.39, 0.29) is 24.2 Å². The first-order valence-electron chi connectivity index (χ1n) is 5.91. The van der Waals surface area contributed by atoms with Crippen LogP contribution in [0.25, 0.3) is 10.9 Å². The lowest BCUT2D eigenvalue weighted by molar-refractivity contribution is -0.136. The van der Waals surface area contributed by atoms with Gasteiger partial charge in [0.1, 0.15) is 5.82 Å². The molecule has 0 atom stereocenters. The standard InChI is InChI=1S/C14H14FNO3/c1-8-10(4-6-13(17)18)14(19)16(2)12-5-3-9(15)7-11(8)12/h3,5,7H,4,6H2,1-2H3,(H,17,18). The number of halogens is 1. The molecule has 1 aromatic heterocycles. The molecule has 0 amide bonds. The second kappa shape index (κ2) is 4.84. The molecule has 0 saturated carbocycles. The molecular formula is C14H14FNO3. The Hall–Kier alpha value is -2.17. The first-order valence-corrected chi connectivity index (χ1v) is 5.91. The molecule has 0 saturated heterocycles. The minimum Gasteiger partial charge on any atom is -0.481 e. The molecule has 0 fully saturated rings. The maximum absolute atomic E-state index is 13.3. The average molecular weight is 263 g/mol. The molecular weight excluding hydrogens is 249 g/mol. The number of aryl methyl sites for hydroxylation is 2. The molecule has 0 spiro atoms. The van der Waals surface area contributed by atoms with Gasteiger partial charge in [0.05, 0.1) is 5.52 Å². The van der Waals surface area contributed by atoms with Crippen molar-refractivity contribution in [3.63, 3.8) is 0 Å². The smallest absolute Gasteiger partial charge is 0.303 e. The number of aliphatic carboxylic acids is 1. The Labute approximate surface area is 109 Å². The number of aromatic nitrogens is 1. The molecule has 1 heterocycles. The highest BCUT2D eigenvalue weighted by molar-refractivity contribution is 5.83. The van der Waals surface area contributed by atoms with E-state index in [1.807, 2.05) is 0 Å². The van der Waals surface area contributed by atoms with E-state index in [0.29, 0.717) is 22.0 Å². The van der Waals surface area contributed by atoms with Gasteiger partial charge >= 0.3 is 5.97 Å². The maximum Gasteiger partial charge on any atom is 0.303 e. The van der Waals surface area contributed by atoms with Crippen LogP contribution in [-0.2, 0) is 18.3 Å². The zero-order valence-corrected chi connectivity index (χ0v) is 10.7. The molecule has 2 rings (SSSR count). The Morgan fingerprint density at radius 3 is 2.74 bits per heavy atom. The summed E-state index contributed by atoms with van der Waals surface area (Å²) in [6, 6.07) is 4.23. The number of nitrogens with zero attached hydrogens (tertiary/aromatic N) is 1. The Bertz CT molecular complexity index is 719. The lowest BCUT2D eigenvalue weighted by Gasteiger charge is -2.12. The Kier molecular flexibility index (Phi) is 3.38. The maximum atomic E-state index is 13.3. The highest BCUT2D eigenvalue weighted by atomic mass is 19.1. The Morgan fingerprint density at radius 2 is 2.11 bits per heavy atom. The second-order valence-corrected chi connectivity index (χ2v) is 4.52. The molecule has 2 aromatic rings. The summed E-state index contributed by atoms with van der Waals surface area (Å²) in [5, 5.41) is 9.36. The number of pyridine rings is 1. The van der Waals surface area contributed by atoms with Gasteiger partial charge in [-0.15, -0.1) is 0 Å². The van der Waals surface area contributed by atoms with Crippen LogP contribution in [0.15, 0.2) is 23.0 Å². The van der Waals surface area contributed by atoms with Crippen molar-refractivity contribution in [2.45, 2.75) is 19.8 Å². The number of rotatable bonds is 3. The molecule has 1 N–H and O–H groups in total. The minimum atomic E-state index is -0.958. The van der Waals surface area contributed by atoms with Gasteiger partial charge in [-0.05, 0) is 37.1 Å². The van der Waals surface area contributed by atoms with E-state index in [9.17, 15) is 14.0 Å². The van der Waals surface area contributed by atoms with Crippen LogP contribution < -0.4 is 5.56 Å². The van der Waals surface area contributed by atoms with Crippen molar-refractivity contribution in [1.82, 2.24) is 4.57 Å². The lowest BCUT2D eigenvalue weighted by atomic mass is 10.0. The second-order valence-electron chi connectivity index (χ2n) is 4.52. The fourth-order valence-electron chi connectivity index (χ4n) is 2.26. The molecule has 1 aromatic carbocycles. The van der Waals surface area contributed by atoms with Crippen molar-refractivity contribution >= 4 is 16.9 Å². The summed E-state index contributed by atoms with van der Waals surface area (Å²) in [7, 11) is 1.60. The van der Waals surface area contributed by atoms with Crippen molar-refractivity contribution < 1.29 is 14.3 Å². The van der Waals surface area contributed by atoms with E-state index in [0.717, 1.165) is 0 Å². The van der Waals surface area contributed by atoms with Crippen molar-refractivity contribution in [2.24, 2.45) is 7.05 Å². The number of fused-ring (bicyclic) bond motifs is 1. The third-order valence-corrected chi connectivity index (χ3v) is 3.33. The van der Waals surface area contributed by atoms with Crippen LogP contribution in [0.2, 0.25) is 0 Å². The largest absolute Gasteiger partial charge is 0.481 e. The van der Waals surface area contributed by atoms with Crippen LogP contribution in [0.1, 0.15) is 17.5 Å². The minimum absolute atomic E-state index is 0.114. The summed E-state index contributed by atoms with van der Waals surface area (Å²) in [4.78, 5) is 22.8. The zero-order valence-electron chi connectivity index (χ0n) is 10.7. The number of hydrogen-bond acceptors (Lipinski definition) is 2. The molecule has 0 radical (unpaired) electrons. The van der Waals surface area contributed by atoms with Gasteiger partial charge in [0.2, 0.25) is 0 Å². The summed E-state index contributed by atoms with van der Waals surface area (Å²) >= 11 is 0. The van der Waals surface area contributed by atoms with Crippen LogP contribution in [0.4, 0.5) is 4.39 Å². The number of benzene rings is 1. The van der Waals surface area contributed by atoms with Crippen molar-refractivity contribution in [2.75, 3.05) is 0 Å². The molecule has 4 nitrogen and oxygen atoms in total. The van der Waals surface area contributed by atoms with Gasteiger partial charge in [0.25, 0.3) is 5.56 Å². The van der Waals surface area contributed by atoms with Gasteiger partial charge in [-0.2, -0.15) is 0 Å². The molecule has 0 bridgehead atoms. The summed E-state index contributed by atoms with van der Waals surface area (Å²) in [5.41, 5.74) is 1.50. The highest BCUT2D eigenvalue weighted by Gasteiger charge is 2.13. The quantitative estimate of drug-likeness (QED) is 0.921. The Balaban J connectivity index is 2.71. The van der Waals surface area contributed by atoms with Crippen LogP contribution >= 0.6 is 0 Å². The molecule has 5 heteroatoms. The van der Waals surface area contributed by atoms with Crippen LogP contribution in [0.5, 0.6) is 0 Å².